The van der Waals surface area contributed by atoms with Crippen LogP contribution < -0.4 is 10.6 Å². The number of para-hydroxylation sites is 1. The van der Waals surface area contributed by atoms with Crippen LogP contribution in [0.5, 0.6) is 0 Å². The summed E-state index contributed by atoms with van der Waals surface area (Å²) >= 11 is 0. The quantitative estimate of drug-likeness (QED) is 0.526. The van der Waals surface area contributed by atoms with E-state index in [-0.39, 0.29) is 17.9 Å². The van der Waals surface area contributed by atoms with Crippen molar-refractivity contribution in [2.24, 2.45) is 0 Å². The highest BCUT2D eigenvalue weighted by molar-refractivity contribution is 5.90. The minimum absolute atomic E-state index is 0.0601. The van der Waals surface area contributed by atoms with E-state index in [9.17, 15) is 9.59 Å². The summed E-state index contributed by atoms with van der Waals surface area (Å²) in [5.74, 6) is -0.146. The van der Waals surface area contributed by atoms with E-state index in [0.717, 1.165) is 36.9 Å². The molecule has 0 spiro atoms. The number of fused-ring (bicyclic) bond motifs is 1. The molecule has 0 radical (unpaired) electrons. The predicted octanol–water partition coefficient (Wildman–Crippen LogP) is 2.65. The molecule has 2 heterocycles. The number of nitrogens with one attached hydrogen (secondary N) is 3. The van der Waals surface area contributed by atoms with Crippen LogP contribution in [0.3, 0.4) is 0 Å². The number of carbonyl (C=O) groups excluding carboxylic acids is 2. The smallest absolute Gasteiger partial charge is 0.245 e. The Kier molecular flexibility index (Phi) is 6.67. The lowest BCUT2D eigenvalue weighted by Crippen LogP contribution is -2.52. The van der Waals surface area contributed by atoms with Gasteiger partial charge in [-0.05, 0) is 43.0 Å². The van der Waals surface area contributed by atoms with Gasteiger partial charge < -0.3 is 20.5 Å². The van der Waals surface area contributed by atoms with Gasteiger partial charge in [-0.25, -0.2) is 0 Å². The molecular weight excluding hydrogens is 388 g/mol. The van der Waals surface area contributed by atoms with E-state index in [1.807, 2.05) is 55.7 Å². The molecule has 1 aliphatic rings. The number of amides is 2. The summed E-state index contributed by atoms with van der Waals surface area (Å²) in [7, 11) is 1.81. The number of benzene rings is 2. The lowest BCUT2D eigenvalue weighted by atomic mass is 10.0. The fraction of sp³-hybridized carbons (Fsp3) is 0.360. The van der Waals surface area contributed by atoms with Crippen LogP contribution in [-0.2, 0) is 22.4 Å². The molecule has 3 N–H and O–H groups in total. The topological polar surface area (TPSA) is 77.2 Å². The number of aromatic nitrogens is 1. The molecule has 2 amide bonds. The molecular formula is C25H30N4O2. The first-order valence-electron chi connectivity index (χ1n) is 11.0. The van der Waals surface area contributed by atoms with Crippen LogP contribution in [0.2, 0.25) is 0 Å². The molecule has 2 atom stereocenters. The molecule has 2 aromatic carbocycles. The molecule has 0 unspecified atom stereocenters. The second-order valence-electron chi connectivity index (χ2n) is 8.27. The molecule has 1 aliphatic heterocycles. The zero-order valence-corrected chi connectivity index (χ0v) is 17.9. The molecule has 0 bridgehead atoms. The first-order valence-corrected chi connectivity index (χ1v) is 11.0. The van der Waals surface area contributed by atoms with Crippen molar-refractivity contribution in [2.75, 3.05) is 20.1 Å². The van der Waals surface area contributed by atoms with E-state index in [4.69, 9.17) is 0 Å². The van der Waals surface area contributed by atoms with Crippen molar-refractivity contribution >= 4 is 22.7 Å². The molecule has 6 nitrogen and oxygen atoms in total. The maximum atomic E-state index is 13.3. The molecule has 1 fully saturated rings. The minimum atomic E-state index is -0.578. The molecule has 3 aromatic rings. The lowest BCUT2D eigenvalue weighted by molar-refractivity contribution is -0.135. The van der Waals surface area contributed by atoms with Crippen molar-refractivity contribution in [2.45, 2.75) is 37.8 Å². The fourth-order valence-corrected chi connectivity index (χ4v) is 4.23. The van der Waals surface area contributed by atoms with Crippen LogP contribution in [0.25, 0.3) is 10.9 Å². The summed E-state index contributed by atoms with van der Waals surface area (Å²) in [5, 5.41) is 7.41. The van der Waals surface area contributed by atoms with Crippen LogP contribution in [0, 0.1) is 0 Å². The minimum Gasteiger partial charge on any atom is -0.361 e. The van der Waals surface area contributed by atoms with Crippen molar-refractivity contribution in [3.05, 3.63) is 71.9 Å². The Bertz CT molecular complexity index is 1020. The molecule has 31 heavy (non-hydrogen) atoms. The molecule has 6 heteroatoms. The fourth-order valence-electron chi connectivity index (χ4n) is 4.23. The van der Waals surface area contributed by atoms with Gasteiger partial charge in [-0.15, -0.1) is 0 Å². The third kappa shape index (κ3) is 5.14. The van der Waals surface area contributed by atoms with Gasteiger partial charge in [0.25, 0.3) is 0 Å². The van der Waals surface area contributed by atoms with E-state index in [1.165, 1.54) is 10.9 Å². The normalized spacial score (nSPS) is 16.9. The Labute approximate surface area is 183 Å². The highest BCUT2D eigenvalue weighted by Gasteiger charge is 2.29. The Morgan fingerprint density at radius 1 is 1.13 bits per heavy atom. The number of rotatable bonds is 8. The number of nitrogens with zero attached hydrogens (tertiary/aromatic N) is 1. The highest BCUT2D eigenvalue weighted by atomic mass is 16.2. The van der Waals surface area contributed by atoms with Crippen molar-refractivity contribution in [3.63, 3.8) is 0 Å². The monoisotopic (exact) mass is 418 g/mol. The van der Waals surface area contributed by atoms with Gasteiger partial charge in [0.15, 0.2) is 0 Å². The summed E-state index contributed by atoms with van der Waals surface area (Å²) in [6, 6.07) is 17.2. The van der Waals surface area contributed by atoms with E-state index < -0.39 is 6.04 Å². The highest BCUT2D eigenvalue weighted by Crippen LogP contribution is 2.18. The third-order valence-corrected chi connectivity index (χ3v) is 6.04. The Morgan fingerprint density at radius 3 is 2.68 bits per heavy atom. The lowest BCUT2D eigenvalue weighted by Gasteiger charge is -2.26. The Balaban J connectivity index is 1.43. The zero-order chi connectivity index (χ0) is 21.6. The van der Waals surface area contributed by atoms with Crippen LogP contribution in [0.4, 0.5) is 0 Å². The largest absolute Gasteiger partial charge is 0.361 e. The van der Waals surface area contributed by atoms with Crippen molar-refractivity contribution in [3.8, 4) is 0 Å². The van der Waals surface area contributed by atoms with E-state index in [2.05, 4.69) is 27.8 Å². The van der Waals surface area contributed by atoms with Crippen molar-refractivity contribution < 1.29 is 9.59 Å². The first kappa shape index (κ1) is 21.1. The van der Waals surface area contributed by atoms with Crippen LogP contribution in [0.1, 0.15) is 24.0 Å². The summed E-state index contributed by atoms with van der Waals surface area (Å²) in [4.78, 5) is 31.0. The molecule has 0 saturated carbocycles. The van der Waals surface area contributed by atoms with Gasteiger partial charge in [0.2, 0.25) is 11.8 Å². The van der Waals surface area contributed by atoms with Crippen molar-refractivity contribution in [1.29, 1.82) is 0 Å². The average molecular weight is 419 g/mol. The molecule has 1 aromatic heterocycles. The zero-order valence-electron chi connectivity index (χ0n) is 17.9. The predicted molar refractivity (Wildman–Crippen MR) is 123 cm³/mol. The number of carbonyl (C=O) groups is 2. The molecule has 4 rings (SSSR count). The van der Waals surface area contributed by atoms with Gasteiger partial charge >= 0.3 is 0 Å². The SMILES string of the molecule is CN(CCc1c[nH]c2ccccc12)C(=O)[C@H](Cc1ccccc1)NC(=O)[C@@H]1CCCN1. The van der Waals surface area contributed by atoms with Crippen LogP contribution in [-0.4, -0.2) is 53.9 Å². The van der Waals surface area contributed by atoms with E-state index in [1.54, 1.807) is 4.90 Å². The Hall–Kier alpha value is -3.12. The van der Waals surface area contributed by atoms with E-state index >= 15 is 0 Å². The summed E-state index contributed by atoms with van der Waals surface area (Å²) in [6.07, 6.45) is 5.05. The second kappa shape index (κ2) is 9.79. The summed E-state index contributed by atoms with van der Waals surface area (Å²) in [5.41, 5.74) is 3.32. The molecule has 1 saturated heterocycles. The maximum absolute atomic E-state index is 13.3. The maximum Gasteiger partial charge on any atom is 0.245 e. The molecule has 162 valence electrons. The standard InChI is InChI=1S/C25H30N4O2/c1-29(15-13-19-17-27-21-11-6-5-10-20(19)21)25(31)23(16-18-8-3-2-4-9-18)28-24(30)22-12-7-14-26-22/h2-6,8-11,17,22-23,26-27H,7,12-16H2,1H3,(H,28,30)/t22-,23-/m0/s1. The van der Waals surface area contributed by atoms with Crippen LogP contribution >= 0.6 is 0 Å². The summed E-state index contributed by atoms with van der Waals surface area (Å²) in [6.45, 7) is 1.43. The van der Waals surface area contributed by atoms with Gasteiger partial charge in [-0.2, -0.15) is 0 Å². The number of hydrogen-bond donors (Lipinski definition) is 3. The number of aromatic amines is 1. The van der Waals surface area contributed by atoms with Crippen molar-refractivity contribution in [1.82, 2.24) is 20.5 Å². The molecule has 0 aliphatic carbocycles. The van der Waals surface area contributed by atoms with E-state index in [0.29, 0.717) is 13.0 Å². The van der Waals surface area contributed by atoms with Gasteiger partial charge in [0.1, 0.15) is 6.04 Å². The van der Waals surface area contributed by atoms with Gasteiger partial charge in [0, 0.05) is 37.1 Å². The number of hydrogen-bond acceptors (Lipinski definition) is 3. The number of likely N-dealkylation sites (N-methyl/N-ethyl adjacent to an activating group) is 1. The average Bonchev–Trinajstić information content (AvgIpc) is 3.47. The number of H-pyrrole nitrogens is 1. The first-order chi connectivity index (χ1) is 15.1. The second-order valence-corrected chi connectivity index (χ2v) is 8.27. The van der Waals surface area contributed by atoms with Gasteiger partial charge in [-0.3, -0.25) is 9.59 Å². The van der Waals surface area contributed by atoms with Gasteiger partial charge in [0.05, 0.1) is 6.04 Å². The van der Waals surface area contributed by atoms with Gasteiger partial charge in [-0.1, -0.05) is 48.5 Å². The van der Waals surface area contributed by atoms with Crippen LogP contribution in [0.15, 0.2) is 60.8 Å². The Morgan fingerprint density at radius 2 is 1.90 bits per heavy atom. The third-order valence-electron chi connectivity index (χ3n) is 6.04. The summed E-state index contributed by atoms with van der Waals surface area (Å²) < 4.78 is 0.